The molecule has 18 heavy (non-hydrogen) atoms. The van der Waals surface area contributed by atoms with Crippen LogP contribution in [0.3, 0.4) is 0 Å². The summed E-state index contributed by atoms with van der Waals surface area (Å²) in [6.07, 6.45) is 0.963. The van der Waals surface area contributed by atoms with Crippen molar-refractivity contribution in [3.05, 3.63) is 45.1 Å². The zero-order chi connectivity index (χ0) is 13.9. The molecule has 1 rings (SSSR count). The Kier molecular flexibility index (Phi) is 5.12. The van der Waals surface area contributed by atoms with Crippen LogP contribution in [0.25, 0.3) is 0 Å². The minimum absolute atomic E-state index is 0.0225. The second-order valence-corrected chi connectivity index (χ2v) is 4.07. The molecule has 1 atom stereocenters. The first-order valence-electron chi connectivity index (χ1n) is 4.69. The molecule has 1 unspecified atom stereocenters. The van der Waals surface area contributed by atoms with E-state index in [1.54, 1.807) is 22.6 Å². The van der Waals surface area contributed by atoms with E-state index >= 15 is 0 Å². The van der Waals surface area contributed by atoms with Gasteiger partial charge in [0.25, 0.3) is 0 Å². The van der Waals surface area contributed by atoms with Gasteiger partial charge in [0.05, 0.1) is 0 Å². The van der Waals surface area contributed by atoms with Crippen LogP contribution in [-0.2, 0) is 4.79 Å². The van der Waals surface area contributed by atoms with Gasteiger partial charge in [-0.05, 0) is 10.5 Å². The summed E-state index contributed by atoms with van der Waals surface area (Å²) in [6, 6.07) is 0.0225. The SMILES string of the molecule is O=C([O-])C(C/C=C\I)c1c(F)c(F)cc(F)c1F. The molecular formula is C11H6F4IO2-. The van der Waals surface area contributed by atoms with Gasteiger partial charge in [-0.2, -0.15) is 0 Å². The average molecular weight is 373 g/mol. The standard InChI is InChI=1S/C11H7F4IO2/c12-6-4-7(13)10(15)8(9(6)14)5(11(17)18)2-1-3-16/h1,3-5H,2H2,(H,17,18)/p-1/b3-1-. The van der Waals surface area contributed by atoms with Crippen molar-refractivity contribution >= 4 is 28.6 Å². The third-order valence-electron chi connectivity index (χ3n) is 2.24. The molecule has 0 saturated carbocycles. The van der Waals surface area contributed by atoms with Crippen LogP contribution >= 0.6 is 22.6 Å². The molecule has 0 radical (unpaired) electrons. The van der Waals surface area contributed by atoms with Gasteiger partial charge in [0.1, 0.15) is 0 Å². The Morgan fingerprint density at radius 1 is 1.28 bits per heavy atom. The summed E-state index contributed by atoms with van der Waals surface area (Å²) in [6.45, 7) is 0. The van der Waals surface area contributed by atoms with E-state index in [1.807, 2.05) is 0 Å². The number of rotatable bonds is 4. The van der Waals surface area contributed by atoms with Crippen LogP contribution in [-0.4, -0.2) is 5.97 Å². The van der Waals surface area contributed by atoms with Crippen molar-refractivity contribution in [3.63, 3.8) is 0 Å². The predicted octanol–water partition coefficient (Wildman–Crippen LogP) is 2.42. The molecule has 0 aliphatic heterocycles. The van der Waals surface area contributed by atoms with Crippen LogP contribution in [0.4, 0.5) is 17.6 Å². The normalized spacial score (nSPS) is 12.9. The van der Waals surface area contributed by atoms with Crippen LogP contribution in [0.2, 0.25) is 0 Å². The third kappa shape index (κ3) is 3.01. The Bertz CT molecular complexity index is 476. The lowest BCUT2D eigenvalue weighted by atomic mass is 9.94. The highest BCUT2D eigenvalue weighted by molar-refractivity contribution is 14.1. The van der Waals surface area contributed by atoms with Crippen LogP contribution < -0.4 is 5.11 Å². The highest BCUT2D eigenvalue weighted by Gasteiger charge is 2.26. The number of halogens is 5. The number of hydrogen-bond donors (Lipinski definition) is 0. The Morgan fingerprint density at radius 2 is 1.78 bits per heavy atom. The lowest BCUT2D eigenvalue weighted by Crippen LogP contribution is -2.31. The van der Waals surface area contributed by atoms with Crippen LogP contribution in [0.15, 0.2) is 16.2 Å². The van der Waals surface area contributed by atoms with Gasteiger partial charge in [-0.15, -0.1) is 0 Å². The van der Waals surface area contributed by atoms with E-state index < -0.39 is 40.7 Å². The number of aliphatic carboxylic acids is 1. The van der Waals surface area contributed by atoms with Crippen LogP contribution in [0.5, 0.6) is 0 Å². The van der Waals surface area contributed by atoms with Crippen molar-refractivity contribution in [2.24, 2.45) is 0 Å². The van der Waals surface area contributed by atoms with Crippen molar-refractivity contribution in [3.8, 4) is 0 Å². The summed E-state index contributed by atoms with van der Waals surface area (Å²) in [5, 5.41) is 10.8. The molecule has 0 heterocycles. The van der Waals surface area contributed by atoms with E-state index in [-0.39, 0.29) is 12.5 Å². The van der Waals surface area contributed by atoms with E-state index in [4.69, 9.17) is 0 Å². The molecule has 0 amide bonds. The molecule has 2 nitrogen and oxygen atoms in total. The van der Waals surface area contributed by atoms with E-state index in [0.717, 1.165) is 0 Å². The summed E-state index contributed by atoms with van der Waals surface area (Å²) in [7, 11) is 0. The monoisotopic (exact) mass is 373 g/mol. The number of hydrogen-bond acceptors (Lipinski definition) is 2. The van der Waals surface area contributed by atoms with Gasteiger partial charge in [-0.25, -0.2) is 17.6 Å². The second-order valence-electron chi connectivity index (χ2n) is 3.35. The van der Waals surface area contributed by atoms with E-state index in [0.29, 0.717) is 0 Å². The van der Waals surface area contributed by atoms with Gasteiger partial charge >= 0.3 is 0 Å². The molecular weight excluding hydrogens is 367 g/mol. The van der Waals surface area contributed by atoms with Gasteiger partial charge in [0.2, 0.25) is 0 Å². The fraction of sp³-hybridized carbons (Fsp3) is 0.182. The largest absolute Gasteiger partial charge is 0.549 e. The first kappa shape index (κ1) is 14.9. The number of benzene rings is 1. The lowest BCUT2D eigenvalue weighted by Gasteiger charge is -2.18. The Hall–Kier alpha value is -1.12. The Balaban J connectivity index is 3.40. The molecule has 0 saturated heterocycles. The maximum atomic E-state index is 13.4. The quantitative estimate of drug-likeness (QED) is 0.462. The van der Waals surface area contributed by atoms with E-state index in [2.05, 4.69) is 0 Å². The maximum Gasteiger partial charge on any atom is 0.165 e. The first-order chi connectivity index (χ1) is 8.40. The van der Waals surface area contributed by atoms with Gasteiger partial charge < -0.3 is 9.90 Å². The summed E-state index contributed by atoms with van der Waals surface area (Å²) >= 11 is 1.76. The highest BCUT2D eigenvalue weighted by atomic mass is 127. The molecule has 0 bridgehead atoms. The minimum Gasteiger partial charge on any atom is -0.549 e. The predicted molar refractivity (Wildman–Crippen MR) is 61.8 cm³/mol. The zero-order valence-corrected chi connectivity index (χ0v) is 10.9. The minimum atomic E-state index is -1.81. The average Bonchev–Trinajstić information content (AvgIpc) is 2.30. The number of allylic oxidation sites excluding steroid dienone is 1. The van der Waals surface area contributed by atoms with Crippen LogP contribution in [0, 0.1) is 23.3 Å². The maximum absolute atomic E-state index is 13.4. The van der Waals surface area contributed by atoms with Crippen molar-refractivity contribution in [1.29, 1.82) is 0 Å². The highest BCUT2D eigenvalue weighted by Crippen LogP contribution is 2.29. The summed E-state index contributed by atoms with van der Waals surface area (Å²) in [5.74, 6) is -10.3. The molecule has 7 heteroatoms. The Morgan fingerprint density at radius 3 is 2.17 bits per heavy atom. The van der Waals surface area contributed by atoms with Crippen molar-refractivity contribution in [1.82, 2.24) is 0 Å². The first-order valence-corrected chi connectivity index (χ1v) is 5.93. The topological polar surface area (TPSA) is 40.1 Å². The van der Waals surface area contributed by atoms with E-state index in [1.165, 1.54) is 10.2 Å². The molecule has 1 aromatic rings. The van der Waals surface area contributed by atoms with Crippen molar-refractivity contribution < 1.29 is 27.5 Å². The summed E-state index contributed by atoms with van der Waals surface area (Å²) < 4.78 is 54.1. The molecule has 1 aromatic carbocycles. The van der Waals surface area contributed by atoms with Gasteiger partial charge in [0, 0.05) is 23.5 Å². The fourth-order valence-corrected chi connectivity index (χ4v) is 1.71. The fourth-order valence-electron chi connectivity index (χ4n) is 1.42. The molecule has 0 aliphatic carbocycles. The lowest BCUT2D eigenvalue weighted by molar-refractivity contribution is -0.308. The second kappa shape index (κ2) is 6.17. The third-order valence-corrected chi connectivity index (χ3v) is 2.75. The molecule has 98 valence electrons. The number of carboxylic acid groups (broad SMARTS) is 1. The molecule has 0 spiro atoms. The molecule has 0 fully saturated rings. The van der Waals surface area contributed by atoms with Crippen molar-refractivity contribution in [2.45, 2.75) is 12.3 Å². The zero-order valence-electron chi connectivity index (χ0n) is 8.72. The smallest absolute Gasteiger partial charge is 0.165 e. The summed E-state index contributed by atoms with van der Waals surface area (Å²) in [4.78, 5) is 10.8. The number of carbonyl (C=O) groups excluding carboxylic acids is 1. The van der Waals surface area contributed by atoms with Gasteiger partial charge in [-0.3, -0.25) is 0 Å². The molecule has 0 aliphatic rings. The molecule has 0 N–H and O–H groups in total. The molecule has 0 aromatic heterocycles. The van der Waals surface area contributed by atoms with Crippen molar-refractivity contribution in [2.75, 3.05) is 0 Å². The van der Waals surface area contributed by atoms with Crippen LogP contribution in [0.1, 0.15) is 17.9 Å². The van der Waals surface area contributed by atoms with E-state index in [9.17, 15) is 27.5 Å². The van der Waals surface area contributed by atoms with Gasteiger partial charge in [-0.1, -0.05) is 28.7 Å². The summed E-state index contributed by atoms with van der Waals surface area (Å²) in [5.41, 5.74) is -1.16. The number of carboxylic acids is 1. The van der Waals surface area contributed by atoms with Gasteiger partial charge in [0.15, 0.2) is 23.3 Å². The Labute approximate surface area is 113 Å². The number of carbonyl (C=O) groups is 1.